The monoisotopic (exact) mass is 374 g/mol. The van der Waals surface area contributed by atoms with Gasteiger partial charge in [-0.2, -0.15) is 0 Å². The van der Waals surface area contributed by atoms with Crippen molar-refractivity contribution in [2.75, 3.05) is 4.72 Å². The van der Waals surface area contributed by atoms with Gasteiger partial charge in [-0.25, -0.2) is 13.4 Å². The molecule has 0 aliphatic carbocycles. The molecule has 0 fully saturated rings. The summed E-state index contributed by atoms with van der Waals surface area (Å²) in [6, 6.07) is 10.1. The zero-order valence-electron chi connectivity index (χ0n) is 9.59. The lowest BCUT2D eigenvalue weighted by molar-refractivity contribution is 0.601. The van der Waals surface area contributed by atoms with E-state index in [2.05, 4.69) is 32.3 Å². The molecule has 0 radical (unpaired) electrons. The maximum atomic E-state index is 12.1. The topological polar surface area (TPSA) is 59.1 Å². The van der Waals surface area contributed by atoms with Gasteiger partial charge in [-0.15, -0.1) is 0 Å². The van der Waals surface area contributed by atoms with Crippen molar-refractivity contribution in [3.63, 3.8) is 0 Å². The number of pyridine rings is 1. The first-order valence-electron chi connectivity index (χ1n) is 5.18. The Bertz CT molecular complexity index is 654. The summed E-state index contributed by atoms with van der Waals surface area (Å²) in [6.07, 6.45) is 1.57. The number of halogens is 1. The van der Waals surface area contributed by atoms with Crippen LogP contribution in [0.5, 0.6) is 0 Å². The van der Waals surface area contributed by atoms with Crippen molar-refractivity contribution < 1.29 is 8.42 Å². The van der Waals surface area contributed by atoms with Gasteiger partial charge in [0.25, 0.3) is 10.0 Å². The van der Waals surface area contributed by atoms with Crippen LogP contribution in [0.15, 0.2) is 47.5 Å². The van der Waals surface area contributed by atoms with Crippen LogP contribution < -0.4 is 4.72 Å². The molecular weight excluding hydrogens is 363 g/mol. The molecule has 1 aromatic carbocycles. The van der Waals surface area contributed by atoms with Crippen molar-refractivity contribution in [1.82, 2.24) is 4.98 Å². The van der Waals surface area contributed by atoms with Gasteiger partial charge in [0.05, 0.1) is 4.90 Å². The second kappa shape index (κ2) is 5.23. The summed E-state index contributed by atoms with van der Waals surface area (Å²) in [5, 5.41) is 0. The summed E-state index contributed by atoms with van der Waals surface area (Å²) in [7, 11) is -3.56. The number of benzene rings is 1. The summed E-state index contributed by atoms with van der Waals surface area (Å²) < 4.78 is 27.6. The van der Waals surface area contributed by atoms with E-state index in [1.807, 2.05) is 13.0 Å². The number of anilines is 1. The van der Waals surface area contributed by atoms with E-state index in [-0.39, 0.29) is 4.90 Å². The van der Waals surface area contributed by atoms with Gasteiger partial charge in [0.15, 0.2) is 0 Å². The number of hydrogen-bond acceptors (Lipinski definition) is 3. The number of hydrogen-bond donors (Lipinski definition) is 1. The highest BCUT2D eigenvalue weighted by Gasteiger charge is 2.14. The zero-order valence-corrected chi connectivity index (χ0v) is 12.6. The molecule has 0 aliphatic rings. The molecule has 0 bridgehead atoms. The molecule has 1 N–H and O–H groups in total. The van der Waals surface area contributed by atoms with E-state index in [4.69, 9.17) is 0 Å². The van der Waals surface area contributed by atoms with E-state index in [1.54, 1.807) is 36.5 Å². The first-order chi connectivity index (χ1) is 8.47. The molecule has 2 aromatic rings. The second-order valence-corrected chi connectivity index (χ2v) is 6.71. The highest BCUT2D eigenvalue weighted by molar-refractivity contribution is 14.1. The highest BCUT2D eigenvalue weighted by atomic mass is 127. The van der Waals surface area contributed by atoms with Crippen molar-refractivity contribution in [2.45, 2.75) is 11.8 Å². The lowest BCUT2D eigenvalue weighted by atomic mass is 10.3. The molecule has 0 saturated carbocycles. The van der Waals surface area contributed by atoms with E-state index in [1.165, 1.54) is 0 Å². The van der Waals surface area contributed by atoms with Crippen molar-refractivity contribution in [1.29, 1.82) is 0 Å². The minimum Gasteiger partial charge on any atom is -0.263 e. The normalized spacial score (nSPS) is 11.2. The van der Waals surface area contributed by atoms with Crippen molar-refractivity contribution in [3.05, 3.63) is 51.7 Å². The Kier molecular flexibility index (Phi) is 3.86. The molecule has 0 unspecified atom stereocenters. The zero-order chi connectivity index (χ0) is 13.2. The number of nitrogens with one attached hydrogen (secondary N) is 1. The SMILES string of the molecule is Cc1ccnc(NS(=O)(=O)c2ccc(I)cc2)c1. The average Bonchev–Trinajstić information content (AvgIpc) is 2.29. The van der Waals surface area contributed by atoms with E-state index in [0.717, 1.165) is 9.13 Å². The van der Waals surface area contributed by atoms with Crippen LogP contribution >= 0.6 is 22.6 Å². The van der Waals surface area contributed by atoms with Gasteiger partial charge in [0.1, 0.15) is 5.82 Å². The Hall–Kier alpha value is -1.15. The predicted octanol–water partition coefficient (Wildman–Crippen LogP) is 2.80. The van der Waals surface area contributed by atoms with Crippen LogP contribution in [0.2, 0.25) is 0 Å². The smallest absolute Gasteiger partial charge is 0.263 e. The number of nitrogens with zero attached hydrogens (tertiary/aromatic N) is 1. The fourth-order valence-corrected chi connectivity index (χ4v) is 2.76. The quantitative estimate of drug-likeness (QED) is 0.841. The third-order valence-electron chi connectivity index (χ3n) is 2.28. The summed E-state index contributed by atoms with van der Waals surface area (Å²) in [4.78, 5) is 4.20. The van der Waals surface area contributed by atoms with Crippen LogP contribution in [-0.2, 0) is 10.0 Å². The van der Waals surface area contributed by atoms with Gasteiger partial charge in [0.2, 0.25) is 0 Å². The van der Waals surface area contributed by atoms with Gasteiger partial charge < -0.3 is 0 Å². The summed E-state index contributed by atoms with van der Waals surface area (Å²) in [6.45, 7) is 1.88. The molecule has 0 amide bonds. The fourth-order valence-electron chi connectivity index (χ4n) is 1.40. The third kappa shape index (κ3) is 3.20. The van der Waals surface area contributed by atoms with Gasteiger partial charge in [-0.3, -0.25) is 4.72 Å². The minimum absolute atomic E-state index is 0.228. The van der Waals surface area contributed by atoms with Gasteiger partial charge in [-0.05, 0) is 71.5 Å². The van der Waals surface area contributed by atoms with Gasteiger partial charge >= 0.3 is 0 Å². The van der Waals surface area contributed by atoms with E-state index < -0.39 is 10.0 Å². The molecule has 0 spiro atoms. The number of aromatic nitrogens is 1. The van der Waals surface area contributed by atoms with Gasteiger partial charge in [-0.1, -0.05) is 0 Å². The van der Waals surface area contributed by atoms with Crippen LogP contribution in [0, 0.1) is 10.5 Å². The van der Waals surface area contributed by atoms with E-state index in [9.17, 15) is 8.42 Å². The van der Waals surface area contributed by atoms with Crippen molar-refractivity contribution in [2.24, 2.45) is 0 Å². The summed E-state index contributed by atoms with van der Waals surface area (Å²) >= 11 is 2.13. The predicted molar refractivity (Wildman–Crippen MR) is 78.9 cm³/mol. The molecule has 18 heavy (non-hydrogen) atoms. The van der Waals surface area contributed by atoms with Crippen LogP contribution in [0.25, 0.3) is 0 Å². The van der Waals surface area contributed by atoms with Gasteiger partial charge in [0, 0.05) is 9.77 Å². The van der Waals surface area contributed by atoms with Crippen LogP contribution in [0.4, 0.5) is 5.82 Å². The molecule has 0 aliphatic heterocycles. The molecule has 94 valence electrons. The Morgan fingerprint density at radius 1 is 1.17 bits per heavy atom. The van der Waals surface area contributed by atoms with E-state index in [0.29, 0.717) is 5.82 Å². The maximum absolute atomic E-state index is 12.1. The Balaban J connectivity index is 2.30. The molecule has 4 nitrogen and oxygen atoms in total. The minimum atomic E-state index is -3.56. The first kappa shape index (κ1) is 13.3. The van der Waals surface area contributed by atoms with Crippen molar-refractivity contribution >= 4 is 38.4 Å². The molecule has 1 heterocycles. The Labute approximate surface area is 120 Å². The highest BCUT2D eigenvalue weighted by Crippen LogP contribution is 2.16. The molecular formula is C12H11IN2O2S. The number of sulfonamides is 1. The molecule has 2 rings (SSSR count). The third-order valence-corrected chi connectivity index (χ3v) is 4.37. The Morgan fingerprint density at radius 3 is 2.44 bits per heavy atom. The van der Waals surface area contributed by atoms with E-state index >= 15 is 0 Å². The summed E-state index contributed by atoms with van der Waals surface area (Å²) in [5.74, 6) is 0.327. The number of rotatable bonds is 3. The fraction of sp³-hybridized carbons (Fsp3) is 0.0833. The van der Waals surface area contributed by atoms with Crippen molar-refractivity contribution in [3.8, 4) is 0 Å². The second-order valence-electron chi connectivity index (χ2n) is 3.78. The van der Waals surface area contributed by atoms with Crippen LogP contribution in [0.1, 0.15) is 5.56 Å². The molecule has 6 heteroatoms. The Morgan fingerprint density at radius 2 is 1.83 bits per heavy atom. The average molecular weight is 374 g/mol. The molecule has 1 aromatic heterocycles. The number of aryl methyl sites for hydroxylation is 1. The first-order valence-corrected chi connectivity index (χ1v) is 7.75. The molecule has 0 atom stereocenters. The van der Waals surface area contributed by atoms with Crippen LogP contribution in [0.3, 0.4) is 0 Å². The largest absolute Gasteiger partial charge is 0.263 e. The maximum Gasteiger partial charge on any atom is 0.263 e. The lowest BCUT2D eigenvalue weighted by Gasteiger charge is -2.07. The standard InChI is InChI=1S/C12H11IN2O2S/c1-9-6-7-14-12(8-9)15-18(16,17)11-4-2-10(13)3-5-11/h2-8H,1H3,(H,14,15). The van der Waals surface area contributed by atoms with Crippen LogP contribution in [-0.4, -0.2) is 13.4 Å². The summed E-state index contributed by atoms with van der Waals surface area (Å²) in [5.41, 5.74) is 0.949. The molecule has 0 saturated heterocycles. The lowest BCUT2D eigenvalue weighted by Crippen LogP contribution is -2.13.